The Labute approximate surface area is 97.8 Å². The quantitative estimate of drug-likeness (QED) is 0.783. The molecule has 1 rings (SSSR count). The molecule has 1 atom stereocenters. The van der Waals surface area contributed by atoms with Crippen molar-refractivity contribution in [1.82, 2.24) is 10.2 Å². The Morgan fingerprint density at radius 3 is 2.87 bits per heavy atom. The second kappa shape index (κ2) is 7.91. The molecule has 1 aliphatic rings. The van der Waals surface area contributed by atoms with E-state index in [4.69, 9.17) is 4.74 Å². The number of ether oxygens (including phenoxy) is 1. The highest BCUT2D eigenvalue weighted by Gasteiger charge is 2.20. The van der Waals surface area contributed by atoms with Crippen LogP contribution < -0.4 is 5.32 Å². The van der Waals surface area contributed by atoms with Crippen molar-refractivity contribution in [2.24, 2.45) is 0 Å². The van der Waals surface area contributed by atoms with Gasteiger partial charge in [-0.25, -0.2) is 0 Å². The lowest BCUT2D eigenvalue weighted by molar-refractivity contribution is -0.136. The van der Waals surface area contributed by atoms with Crippen molar-refractivity contribution in [1.29, 1.82) is 0 Å². The van der Waals surface area contributed by atoms with Crippen LogP contribution in [-0.2, 0) is 9.53 Å². The third kappa shape index (κ3) is 4.82. The lowest BCUT2D eigenvalue weighted by Crippen LogP contribution is -2.39. The Kier molecular flexibility index (Phi) is 7.74. The Hall–Kier alpha value is -0.320. The minimum Gasteiger partial charge on any atom is -0.375 e. The number of carbonyl (C=O) groups is 1. The highest BCUT2D eigenvalue weighted by atomic mass is 35.5. The van der Waals surface area contributed by atoms with E-state index in [1.54, 1.807) is 7.11 Å². The molecular weight excluding hydrogens is 216 g/mol. The summed E-state index contributed by atoms with van der Waals surface area (Å²) in [4.78, 5) is 13.4. The molecule has 1 saturated heterocycles. The Bertz CT molecular complexity index is 182. The van der Waals surface area contributed by atoms with Crippen molar-refractivity contribution in [3.8, 4) is 0 Å². The zero-order valence-electron chi connectivity index (χ0n) is 9.49. The van der Waals surface area contributed by atoms with E-state index < -0.39 is 0 Å². The van der Waals surface area contributed by atoms with Gasteiger partial charge in [0.1, 0.15) is 6.61 Å². The van der Waals surface area contributed by atoms with Crippen LogP contribution >= 0.6 is 12.4 Å². The van der Waals surface area contributed by atoms with Gasteiger partial charge in [-0.05, 0) is 32.4 Å². The minimum absolute atomic E-state index is 0. The van der Waals surface area contributed by atoms with Crippen LogP contribution in [0.1, 0.15) is 19.3 Å². The lowest BCUT2D eigenvalue weighted by Gasteiger charge is -2.26. The average molecular weight is 237 g/mol. The van der Waals surface area contributed by atoms with Gasteiger partial charge >= 0.3 is 0 Å². The highest BCUT2D eigenvalue weighted by molar-refractivity contribution is 5.85. The molecule has 1 unspecified atom stereocenters. The molecule has 0 aliphatic carbocycles. The van der Waals surface area contributed by atoms with Crippen molar-refractivity contribution in [3.63, 3.8) is 0 Å². The first-order valence-corrected chi connectivity index (χ1v) is 5.21. The largest absolute Gasteiger partial charge is 0.375 e. The van der Waals surface area contributed by atoms with Crippen LogP contribution in [0.2, 0.25) is 0 Å². The Balaban J connectivity index is 0.00000196. The van der Waals surface area contributed by atoms with Gasteiger partial charge in [-0.1, -0.05) is 0 Å². The monoisotopic (exact) mass is 236 g/mol. The summed E-state index contributed by atoms with van der Waals surface area (Å²) in [5.74, 6) is 0.0828. The number of hydrogen-bond acceptors (Lipinski definition) is 3. The van der Waals surface area contributed by atoms with E-state index >= 15 is 0 Å². The molecule has 0 aromatic carbocycles. The van der Waals surface area contributed by atoms with Crippen molar-refractivity contribution >= 4 is 18.3 Å². The number of carbonyl (C=O) groups excluding carboxylic acids is 1. The molecule has 5 heteroatoms. The van der Waals surface area contributed by atoms with Crippen LogP contribution in [0, 0.1) is 0 Å². The van der Waals surface area contributed by atoms with E-state index in [0.717, 1.165) is 32.4 Å². The fourth-order valence-corrected chi connectivity index (χ4v) is 1.82. The van der Waals surface area contributed by atoms with Gasteiger partial charge in [-0.15, -0.1) is 12.4 Å². The molecular formula is C10H21ClN2O2. The van der Waals surface area contributed by atoms with Gasteiger partial charge in [0.25, 0.3) is 0 Å². The van der Waals surface area contributed by atoms with Crippen molar-refractivity contribution < 1.29 is 9.53 Å². The molecule has 4 nitrogen and oxygen atoms in total. The predicted molar refractivity (Wildman–Crippen MR) is 62.4 cm³/mol. The van der Waals surface area contributed by atoms with Gasteiger partial charge < -0.3 is 15.0 Å². The second-order valence-corrected chi connectivity index (χ2v) is 3.77. The summed E-state index contributed by atoms with van der Waals surface area (Å²) in [6.07, 6.45) is 3.29. The normalized spacial score (nSPS) is 21.3. The lowest BCUT2D eigenvalue weighted by atomic mass is 10.1. The van der Waals surface area contributed by atoms with Crippen LogP contribution in [0.3, 0.4) is 0 Å². The summed E-state index contributed by atoms with van der Waals surface area (Å²) in [6.45, 7) is 2.28. The molecule has 1 fully saturated rings. The number of amides is 1. The first-order valence-electron chi connectivity index (χ1n) is 5.21. The maximum Gasteiger partial charge on any atom is 0.248 e. The van der Waals surface area contributed by atoms with Crippen LogP contribution in [-0.4, -0.2) is 50.7 Å². The molecule has 0 aromatic heterocycles. The van der Waals surface area contributed by atoms with Crippen molar-refractivity contribution in [2.75, 3.05) is 33.9 Å². The van der Waals surface area contributed by atoms with Crippen molar-refractivity contribution in [3.05, 3.63) is 0 Å². The standard InChI is InChI=1S/C10H20N2O2.ClH/c1-12(10(13)8-14-2)9-4-3-6-11-7-5-9;/h9,11H,3-8H2,1-2H3;1H. The van der Waals surface area contributed by atoms with E-state index in [0.29, 0.717) is 6.04 Å². The van der Waals surface area contributed by atoms with E-state index in [1.807, 2.05) is 11.9 Å². The number of likely N-dealkylation sites (N-methyl/N-ethyl adjacent to an activating group) is 1. The molecule has 1 aliphatic heterocycles. The SMILES string of the molecule is COCC(=O)N(C)C1CCCNCC1.Cl. The zero-order chi connectivity index (χ0) is 10.4. The first kappa shape index (κ1) is 14.7. The molecule has 1 amide bonds. The van der Waals surface area contributed by atoms with E-state index in [2.05, 4.69) is 5.32 Å². The van der Waals surface area contributed by atoms with Gasteiger partial charge in [0.15, 0.2) is 0 Å². The molecule has 0 radical (unpaired) electrons. The summed E-state index contributed by atoms with van der Waals surface area (Å²) in [6, 6.07) is 0.382. The molecule has 0 bridgehead atoms. The number of hydrogen-bond donors (Lipinski definition) is 1. The van der Waals surface area contributed by atoms with Crippen LogP contribution in [0.25, 0.3) is 0 Å². The number of rotatable bonds is 3. The van der Waals surface area contributed by atoms with Gasteiger partial charge in [0.05, 0.1) is 0 Å². The first-order chi connectivity index (χ1) is 6.75. The van der Waals surface area contributed by atoms with E-state index in [-0.39, 0.29) is 24.9 Å². The number of methoxy groups -OCH3 is 1. The summed E-state index contributed by atoms with van der Waals surface area (Å²) < 4.78 is 4.84. The molecule has 1 heterocycles. The minimum atomic E-state index is 0. The second-order valence-electron chi connectivity index (χ2n) is 3.77. The number of halogens is 1. The summed E-state index contributed by atoms with van der Waals surface area (Å²) in [7, 11) is 3.43. The van der Waals surface area contributed by atoms with Gasteiger partial charge in [0, 0.05) is 20.2 Å². The van der Waals surface area contributed by atoms with Gasteiger partial charge in [0.2, 0.25) is 5.91 Å². The van der Waals surface area contributed by atoms with Crippen LogP contribution in [0.5, 0.6) is 0 Å². The van der Waals surface area contributed by atoms with Gasteiger partial charge in [-0.2, -0.15) is 0 Å². The van der Waals surface area contributed by atoms with Crippen molar-refractivity contribution in [2.45, 2.75) is 25.3 Å². The average Bonchev–Trinajstić information content (AvgIpc) is 2.45. The fourth-order valence-electron chi connectivity index (χ4n) is 1.82. The third-order valence-corrected chi connectivity index (χ3v) is 2.75. The smallest absolute Gasteiger partial charge is 0.248 e. The maximum atomic E-state index is 11.5. The number of nitrogens with zero attached hydrogens (tertiary/aromatic N) is 1. The van der Waals surface area contributed by atoms with Crippen LogP contribution in [0.15, 0.2) is 0 Å². The maximum absolute atomic E-state index is 11.5. The predicted octanol–water partition coefficient (Wildman–Crippen LogP) is 0.655. The topological polar surface area (TPSA) is 41.6 Å². The van der Waals surface area contributed by atoms with E-state index in [9.17, 15) is 4.79 Å². The van der Waals surface area contributed by atoms with E-state index in [1.165, 1.54) is 0 Å². The molecule has 90 valence electrons. The highest BCUT2D eigenvalue weighted by Crippen LogP contribution is 2.11. The summed E-state index contributed by atoms with van der Waals surface area (Å²) in [5.41, 5.74) is 0. The molecule has 0 saturated carbocycles. The fraction of sp³-hybridized carbons (Fsp3) is 0.900. The molecule has 1 N–H and O–H groups in total. The molecule has 15 heavy (non-hydrogen) atoms. The van der Waals surface area contributed by atoms with Crippen LogP contribution in [0.4, 0.5) is 0 Å². The molecule has 0 aromatic rings. The Morgan fingerprint density at radius 2 is 2.20 bits per heavy atom. The molecule has 0 spiro atoms. The third-order valence-electron chi connectivity index (χ3n) is 2.75. The van der Waals surface area contributed by atoms with Gasteiger partial charge in [-0.3, -0.25) is 4.79 Å². The summed E-state index contributed by atoms with van der Waals surface area (Å²) in [5, 5.41) is 3.33. The Morgan fingerprint density at radius 1 is 1.47 bits per heavy atom. The number of nitrogens with one attached hydrogen (secondary N) is 1. The zero-order valence-corrected chi connectivity index (χ0v) is 10.3. The summed E-state index contributed by atoms with van der Waals surface area (Å²) >= 11 is 0.